The Kier molecular flexibility index (Phi) is 4.76. The Morgan fingerprint density at radius 2 is 2.19 bits per heavy atom. The Labute approximate surface area is 152 Å². The molecule has 4 N–H and O–H groups in total. The number of primary amides is 1. The van der Waals surface area contributed by atoms with Crippen LogP contribution in [0.25, 0.3) is 11.0 Å². The van der Waals surface area contributed by atoms with E-state index in [9.17, 15) is 9.59 Å². The summed E-state index contributed by atoms with van der Waals surface area (Å²) in [5.41, 5.74) is 6.65. The fourth-order valence-electron chi connectivity index (χ4n) is 3.14. The number of ether oxygens (including phenoxy) is 1. The van der Waals surface area contributed by atoms with Crippen LogP contribution in [-0.2, 0) is 4.74 Å². The average molecular weight is 359 g/mol. The molecule has 3 rings (SSSR count). The van der Waals surface area contributed by atoms with Gasteiger partial charge in [-0.1, -0.05) is 0 Å². The number of hydrogen-bond acceptors (Lipinski definition) is 5. The van der Waals surface area contributed by atoms with Crippen molar-refractivity contribution in [2.45, 2.75) is 45.3 Å². The monoisotopic (exact) mass is 359 g/mol. The molecule has 26 heavy (non-hydrogen) atoms. The predicted octanol–water partition coefficient (Wildman–Crippen LogP) is 2.47. The molecule has 1 saturated heterocycles. The second-order valence-corrected chi connectivity index (χ2v) is 7.56. The third-order valence-corrected chi connectivity index (χ3v) is 4.27. The first-order valence-corrected chi connectivity index (χ1v) is 8.75. The average Bonchev–Trinajstić information content (AvgIpc) is 3.02. The van der Waals surface area contributed by atoms with E-state index >= 15 is 0 Å². The van der Waals surface area contributed by atoms with Crippen molar-refractivity contribution in [3.8, 4) is 0 Å². The molecule has 2 aromatic heterocycles. The van der Waals surface area contributed by atoms with Crippen LogP contribution >= 0.6 is 0 Å². The standard InChI is InChI=1S/C18H25N5O3/c1-18(2,3)26-17(25)23-8-4-5-11(10-23)22-14-12-6-7-20-16(12)21-9-13(14)15(19)24/h6-7,9,11H,4-5,8,10H2,1-3H3,(H2,19,24)(H2,20,21,22)/t11-/m1/s1. The molecule has 1 atom stereocenters. The van der Waals surface area contributed by atoms with Gasteiger partial charge in [0, 0.05) is 36.9 Å². The molecular weight excluding hydrogens is 334 g/mol. The van der Waals surface area contributed by atoms with Gasteiger partial charge in [-0.05, 0) is 39.7 Å². The number of rotatable bonds is 3. The van der Waals surface area contributed by atoms with Gasteiger partial charge < -0.3 is 25.7 Å². The molecule has 0 bridgehead atoms. The fraction of sp³-hybridized carbons (Fsp3) is 0.500. The van der Waals surface area contributed by atoms with E-state index in [1.54, 1.807) is 11.1 Å². The summed E-state index contributed by atoms with van der Waals surface area (Å²) in [6.07, 6.45) is 4.65. The van der Waals surface area contributed by atoms with E-state index in [0.717, 1.165) is 18.2 Å². The van der Waals surface area contributed by atoms with Crippen LogP contribution in [0.1, 0.15) is 44.0 Å². The molecule has 0 saturated carbocycles. The minimum Gasteiger partial charge on any atom is -0.444 e. The summed E-state index contributed by atoms with van der Waals surface area (Å²) in [5, 5.41) is 4.20. The first kappa shape index (κ1) is 18.0. The van der Waals surface area contributed by atoms with Crippen molar-refractivity contribution in [2.24, 2.45) is 5.73 Å². The lowest BCUT2D eigenvalue weighted by Crippen LogP contribution is -2.47. The second-order valence-electron chi connectivity index (χ2n) is 7.56. The third kappa shape index (κ3) is 3.89. The summed E-state index contributed by atoms with van der Waals surface area (Å²) in [6.45, 7) is 6.71. The van der Waals surface area contributed by atoms with Crippen LogP contribution in [0.5, 0.6) is 0 Å². The van der Waals surface area contributed by atoms with Crippen molar-refractivity contribution in [3.05, 3.63) is 24.0 Å². The molecule has 2 amide bonds. The Bertz CT molecular complexity index is 824. The van der Waals surface area contributed by atoms with Gasteiger partial charge >= 0.3 is 6.09 Å². The van der Waals surface area contributed by atoms with Crippen LogP contribution in [-0.4, -0.2) is 51.6 Å². The zero-order valence-corrected chi connectivity index (χ0v) is 15.3. The normalized spacial score (nSPS) is 18.0. The highest BCUT2D eigenvalue weighted by atomic mass is 16.6. The predicted molar refractivity (Wildman–Crippen MR) is 99.1 cm³/mol. The highest BCUT2D eigenvalue weighted by Crippen LogP contribution is 2.27. The van der Waals surface area contributed by atoms with E-state index in [-0.39, 0.29) is 12.1 Å². The maximum Gasteiger partial charge on any atom is 0.410 e. The Balaban J connectivity index is 1.80. The van der Waals surface area contributed by atoms with E-state index in [1.165, 1.54) is 6.20 Å². The number of anilines is 1. The summed E-state index contributed by atoms with van der Waals surface area (Å²) in [5.74, 6) is -0.539. The number of H-pyrrole nitrogens is 1. The highest BCUT2D eigenvalue weighted by molar-refractivity contribution is 6.06. The van der Waals surface area contributed by atoms with Crippen molar-refractivity contribution >= 4 is 28.7 Å². The zero-order valence-electron chi connectivity index (χ0n) is 15.3. The number of carbonyl (C=O) groups excluding carboxylic acids is 2. The maximum absolute atomic E-state index is 12.3. The minimum atomic E-state index is -0.539. The van der Waals surface area contributed by atoms with E-state index in [0.29, 0.717) is 30.0 Å². The summed E-state index contributed by atoms with van der Waals surface area (Å²) >= 11 is 0. The van der Waals surface area contributed by atoms with E-state index in [2.05, 4.69) is 15.3 Å². The zero-order chi connectivity index (χ0) is 18.9. The molecule has 3 heterocycles. The van der Waals surface area contributed by atoms with Gasteiger partial charge in [0.15, 0.2) is 0 Å². The number of amides is 2. The van der Waals surface area contributed by atoms with Crippen molar-refractivity contribution in [1.29, 1.82) is 0 Å². The summed E-state index contributed by atoms with van der Waals surface area (Å²) in [7, 11) is 0. The van der Waals surface area contributed by atoms with Crippen molar-refractivity contribution in [3.63, 3.8) is 0 Å². The Morgan fingerprint density at radius 3 is 2.88 bits per heavy atom. The van der Waals surface area contributed by atoms with Crippen LogP contribution in [0.15, 0.2) is 18.5 Å². The number of pyridine rings is 1. The van der Waals surface area contributed by atoms with Crippen molar-refractivity contribution in [1.82, 2.24) is 14.9 Å². The Morgan fingerprint density at radius 1 is 1.42 bits per heavy atom. The third-order valence-electron chi connectivity index (χ3n) is 4.27. The van der Waals surface area contributed by atoms with Gasteiger partial charge in [0.25, 0.3) is 5.91 Å². The van der Waals surface area contributed by atoms with Crippen LogP contribution in [0, 0.1) is 0 Å². The molecule has 0 aliphatic carbocycles. The van der Waals surface area contributed by atoms with Gasteiger partial charge in [-0.15, -0.1) is 0 Å². The molecule has 8 nitrogen and oxygen atoms in total. The number of piperidine rings is 1. The topological polar surface area (TPSA) is 113 Å². The number of likely N-dealkylation sites (tertiary alicyclic amines) is 1. The molecule has 140 valence electrons. The van der Waals surface area contributed by atoms with Gasteiger partial charge in [0.05, 0.1) is 11.3 Å². The quantitative estimate of drug-likeness (QED) is 0.779. The first-order chi connectivity index (χ1) is 12.2. The van der Waals surface area contributed by atoms with Gasteiger partial charge in [-0.25, -0.2) is 9.78 Å². The molecule has 1 fully saturated rings. The summed E-state index contributed by atoms with van der Waals surface area (Å²) in [4.78, 5) is 33.1. The van der Waals surface area contributed by atoms with Crippen molar-refractivity contribution in [2.75, 3.05) is 18.4 Å². The van der Waals surface area contributed by atoms with Gasteiger partial charge in [-0.3, -0.25) is 4.79 Å². The van der Waals surface area contributed by atoms with Crippen LogP contribution in [0.3, 0.4) is 0 Å². The molecule has 0 spiro atoms. The molecule has 0 aromatic carbocycles. The van der Waals surface area contributed by atoms with Crippen LogP contribution < -0.4 is 11.1 Å². The number of fused-ring (bicyclic) bond motifs is 1. The van der Waals surface area contributed by atoms with E-state index in [4.69, 9.17) is 10.5 Å². The van der Waals surface area contributed by atoms with Gasteiger partial charge in [0.2, 0.25) is 0 Å². The maximum atomic E-state index is 12.3. The first-order valence-electron chi connectivity index (χ1n) is 8.75. The number of carbonyl (C=O) groups is 2. The smallest absolute Gasteiger partial charge is 0.410 e. The lowest BCUT2D eigenvalue weighted by atomic mass is 10.0. The van der Waals surface area contributed by atoms with Crippen molar-refractivity contribution < 1.29 is 14.3 Å². The molecule has 1 aliphatic rings. The second kappa shape index (κ2) is 6.86. The van der Waals surface area contributed by atoms with Crippen LogP contribution in [0.2, 0.25) is 0 Å². The van der Waals surface area contributed by atoms with Gasteiger partial charge in [0.1, 0.15) is 11.2 Å². The minimum absolute atomic E-state index is 0.00475. The van der Waals surface area contributed by atoms with E-state index in [1.807, 2.05) is 26.8 Å². The number of aromatic amines is 1. The summed E-state index contributed by atoms with van der Waals surface area (Å²) < 4.78 is 5.47. The number of hydrogen-bond donors (Lipinski definition) is 3. The fourth-order valence-corrected chi connectivity index (χ4v) is 3.14. The summed E-state index contributed by atoms with van der Waals surface area (Å²) in [6, 6.07) is 1.85. The Hall–Kier alpha value is -2.77. The highest BCUT2D eigenvalue weighted by Gasteiger charge is 2.28. The molecule has 2 aromatic rings. The molecule has 1 aliphatic heterocycles. The lowest BCUT2D eigenvalue weighted by Gasteiger charge is -2.35. The molecule has 8 heteroatoms. The SMILES string of the molecule is CC(C)(C)OC(=O)N1CCC[C@@H](Nc2c(C(N)=O)cnc3[nH]ccc23)C1. The number of nitrogens with two attached hydrogens (primary N) is 1. The number of nitrogens with zero attached hydrogens (tertiary/aromatic N) is 2. The molecule has 0 unspecified atom stereocenters. The molecule has 0 radical (unpaired) electrons. The van der Waals surface area contributed by atoms with Crippen LogP contribution in [0.4, 0.5) is 10.5 Å². The lowest BCUT2D eigenvalue weighted by molar-refractivity contribution is 0.0206. The molecular formula is C18H25N5O3. The van der Waals surface area contributed by atoms with Gasteiger partial charge in [-0.2, -0.15) is 0 Å². The number of nitrogens with one attached hydrogen (secondary N) is 2. The largest absolute Gasteiger partial charge is 0.444 e. The number of aromatic nitrogens is 2. The van der Waals surface area contributed by atoms with E-state index < -0.39 is 11.5 Å².